The molecule has 1 aromatic carbocycles. The Kier molecular flexibility index (Phi) is 3.49. The van der Waals surface area contributed by atoms with Crippen LogP contribution in [0.2, 0.25) is 0 Å². The normalized spacial score (nSPS) is 10.2. The second-order valence-corrected chi connectivity index (χ2v) is 3.81. The first-order chi connectivity index (χ1) is 8.25. The lowest BCUT2D eigenvalue weighted by Gasteiger charge is -2.05. The van der Waals surface area contributed by atoms with Crippen molar-refractivity contribution in [3.63, 3.8) is 0 Å². The summed E-state index contributed by atoms with van der Waals surface area (Å²) in [6, 6.07) is 7.86. The molecule has 0 bridgehead atoms. The molecule has 17 heavy (non-hydrogen) atoms. The van der Waals surface area contributed by atoms with Crippen molar-refractivity contribution in [2.45, 2.75) is 19.9 Å². The summed E-state index contributed by atoms with van der Waals surface area (Å²) in [4.78, 5) is 15.6. The maximum Gasteiger partial charge on any atom is 0.224 e. The van der Waals surface area contributed by atoms with Crippen molar-refractivity contribution in [3.05, 3.63) is 47.5 Å². The van der Waals surface area contributed by atoms with Crippen LogP contribution in [0.5, 0.6) is 0 Å². The molecule has 1 heterocycles. The smallest absolute Gasteiger partial charge is 0.224 e. The number of aromatic nitrogens is 3. The number of aromatic amines is 1. The van der Waals surface area contributed by atoms with Crippen LogP contribution in [0.4, 0.5) is 0 Å². The Morgan fingerprint density at radius 3 is 2.94 bits per heavy atom. The minimum Gasteiger partial charge on any atom is -0.349 e. The molecule has 5 heteroatoms. The lowest BCUT2D eigenvalue weighted by atomic mass is 10.1. The van der Waals surface area contributed by atoms with Gasteiger partial charge in [-0.2, -0.15) is 5.10 Å². The van der Waals surface area contributed by atoms with Gasteiger partial charge in [-0.1, -0.05) is 24.3 Å². The first-order valence-corrected chi connectivity index (χ1v) is 5.41. The van der Waals surface area contributed by atoms with Gasteiger partial charge in [0.2, 0.25) is 5.91 Å². The second-order valence-electron chi connectivity index (χ2n) is 3.81. The number of benzene rings is 1. The van der Waals surface area contributed by atoms with E-state index in [0.717, 1.165) is 11.1 Å². The quantitative estimate of drug-likeness (QED) is 0.822. The average Bonchev–Trinajstić information content (AvgIpc) is 2.82. The monoisotopic (exact) mass is 230 g/mol. The molecule has 1 amide bonds. The molecule has 0 fully saturated rings. The molecule has 0 saturated heterocycles. The van der Waals surface area contributed by atoms with Gasteiger partial charge in [0.1, 0.15) is 12.2 Å². The van der Waals surface area contributed by atoms with Gasteiger partial charge in [0, 0.05) is 0 Å². The summed E-state index contributed by atoms with van der Waals surface area (Å²) in [7, 11) is 0. The minimum absolute atomic E-state index is 0.0179. The van der Waals surface area contributed by atoms with Crippen LogP contribution >= 0.6 is 0 Å². The molecule has 1 aromatic heterocycles. The summed E-state index contributed by atoms with van der Waals surface area (Å²) in [5.74, 6) is 0.638. The van der Waals surface area contributed by atoms with E-state index in [1.165, 1.54) is 6.33 Å². The molecule has 0 aliphatic carbocycles. The van der Waals surface area contributed by atoms with Gasteiger partial charge < -0.3 is 5.32 Å². The van der Waals surface area contributed by atoms with Gasteiger partial charge in [-0.25, -0.2) is 4.98 Å². The third kappa shape index (κ3) is 3.14. The Bertz CT molecular complexity index is 493. The van der Waals surface area contributed by atoms with Gasteiger partial charge in [-0.15, -0.1) is 0 Å². The SMILES string of the molecule is Cc1ccccc1CC(=O)NCc1ncn[nH]1. The van der Waals surface area contributed by atoms with Gasteiger partial charge in [-0.05, 0) is 18.1 Å². The van der Waals surface area contributed by atoms with E-state index in [1.54, 1.807) is 0 Å². The maximum atomic E-state index is 11.7. The molecule has 0 spiro atoms. The number of rotatable bonds is 4. The Balaban J connectivity index is 1.87. The number of carbonyl (C=O) groups is 1. The third-order valence-corrected chi connectivity index (χ3v) is 2.53. The van der Waals surface area contributed by atoms with Crippen molar-refractivity contribution in [2.75, 3.05) is 0 Å². The number of carbonyl (C=O) groups excluding carboxylic acids is 1. The average molecular weight is 230 g/mol. The van der Waals surface area contributed by atoms with Gasteiger partial charge >= 0.3 is 0 Å². The molecular weight excluding hydrogens is 216 g/mol. The molecule has 0 radical (unpaired) electrons. The zero-order chi connectivity index (χ0) is 12.1. The highest BCUT2D eigenvalue weighted by molar-refractivity contribution is 5.78. The molecule has 2 N–H and O–H groups in total. The van der Waals surface area contributed by atoms with Crippen molar-refractivity contribution in [1.29, 1.82) is 0 Å². The fourth-order valence-electron chi connectivity index (χ4n) is 1.54. The maximum absolute atomic E-state index is 11.7. The lowest BCUT2D eigenvalue weighted by molar-refractivity contribution is -0.120. The molecule has 0 atom stereocenters. The summed E-state index contributed by atoms with van der Waals surface area (Å²) in [6.45, 7) is 2.38. The van der Waals surface area contributed by atoms with E-state index in [4.69, 9.17) is 0 Å². The minimum atomic E-state index is -0.0179. The Labute approximate surface area is 99.3 Å². The van der Waals surface area contributed by atoms with Gasteiger partial charge in [0.15, 0.2) is 0 Å². The number of hydrogen-bond donors (Lipinski definition) is 2. The Morgan fingerprint density at radius 1 is 1.41 bits per heavy atom. The van der Waals surface area contributed by atoms with Crippen molar-refractivity contribution in [3.8, 4) is 0 Å². The van der Waals surface area contributed by atoms with Crippen LogP contribution in [0.1, 0.15) is 17.0 Å². The number of aryl methyl sites for hydroxylation is 1. The topological polar surface area (TPSA) is 70.7 Å². The van der Waals surface area contributed by atoms with Gasteiger partial charge in [0.25, 0.3) is 0 Å². The van der Waals surface area contributed by atoms with E-state index in [1.807, 2.05) is 31.2 Å². The zero-order valence-corrected chi connectivity index (χ0v) is 9.60. The fraction of sp³-hybridized carbons (Fsp3) is 0.250. The van der Waals surface area contributed by atoms with Crippen molar-refractivity contribution >= 4 is 5.91 Å². The van der Waals surface area contributed by atoms with Gasteiger partial charge in [0.05, 0.1) is 13.0 Å². The molecule has 5 nitrogen and oxygen atoms in total. The number of hydrogen-bond acceptors (Lipinski definition) is 3. The highest BCUT2D eigenvalue weighted by atomic mass is 16.1. The van der Waals surface area contributed by atoms with Crippen molar-refractivity contribution in [1.82, 2.24) is 20.5 Å². The number of nitrogens with zero attached hydrogens (tertiary/aromatic N) is 2. The van der Waals surface area contributed by atoms with Crippen LogP contribution in [0.15, 0.2) is 30.6 Å². The highest BCUT2D eigenvalue weighted by Crippen LogP contribution is 2.07. The van der Waals surface area contributed by atoms with E-state index < -0.39 is 0 Å². The molecule has 0 aliphatic rings. The van der Waals surface area contributed by atoms with E-state index >= 15 is 0 Å². The predicted molar refractivity (Wildman–Crippen MR) is 63.1 cm³/mol. The highest BCUT2D eigenvalue weighted by Gasteiger charge is 2.05. The van der Waals surface area contributed by atoms with Crippen LogP contribution in [-0.4, -0.2) is 21.1 Å². The summed E-state index contributed by atoms with van der Waals surface area (Å²) in [5, 5.41) is 9.19. The first kappa shape index (κ1) is 11.3. The van der Waals surface area contributed by atoms with Crippen LogP contribution in [-0.2, 0) is 17.8 Å². The van der Waals surface area contributed by atoms with Crippen LogP contribution in [0.3, 0.4) is 0 Å². The lowest BCUT2D eigenvalue weighted by Crippen LogP contribution is -2.25. The summed E-state index contributed by atoms with van der Waals surface area (Å²) in [5.41, 5.74) is 2.17. The fourth-order valence-corrected chi connectivity index (χ4v) is 1.54. The first-order valence-electron chi connectivity index (χ1n) is 5.41. The van der Waals surface area contributed by atoms with E-state index in [9.17, 15) is 4.79 Å². The molecule has 2 rings (SSSR count). The number of nitrogens with one attached hydrogen (secondary N) is 2. The zero-order valence-electron chi connectivity index (χ0n) is 9.60. The summed E-state index contributed by atoms with van der Waals surface area (Å²) < 4.78 is 0. The third-order valence-electron chi connectivity index (χ3n) is 2.53. The molecule has 0 saturated carbocycles. The molecule has 0 aliphatic heterocycles. The van der Waals surface area contributed by atoms with Crippen LogP contribution < -0.4 is 5.32 Å². The Morgan fingerprint density at radius 2 is 2.24 bits per heavy atom. The van der Waals surface area contributed by atoms with Crippen molar-refractivity contribution in [2.24, 2.45) is 0 Å². The largest absolute Gasteiger partial charge is 0.349 e. The molecular formula is C12H14N4O. The van der Waals surface area contributed by atoms with E-state index in [0.29, 0.717) is 18.8 Å². The summed E-state index contributed by atoms with van der Waals surface area (Å²) >= 11 is 0. The van der Waals surface area contributed by atoms with Gasteiger partial charge in [-0.3, -0.25) is 9.89 Å². The number of H-pyrrole nitrogens is 1. The van der Waals surface area contributed by atoms with Crippen LogP contribution in [0, 0.1) is 6.92 Å². The van der Waals surface area contributed by atoms with Crippen molar-refractivity contribution < 1.29 is 4.79 Å². The van der Waals surface area contributed by atoms with Crippen LogP contribution in [0.25, 0.3) is 0 Å². The molecule has 88 valence electrons. The van der Waals surface area contributed by atoms with E-state index in [-0.39, 0.29) is 5.91 Å². The second kappa shape index (κ2) is 5.25. The predicted octanol–water partition coefficient (Wildman–Crippen LogP) is 0.972. The summed E-state index contributed by atoms with van der Waals surface area (Å²) in [6.07, 6.45) is 1.81. The number of amides is 1. The van der Waals surface area contributed by atoms with E-state index in [2.05, 4.69) is 20.5 Å². The standard InChI is InChI=1S/C12H14N4O/c1-9-4-2-3-5-10(9)6-12(17)13-7-11-14-8-15-16-11/h2-5,8H,6-7H2,1H3,(H,13,17)(H,14,15,16). The molecule has 0 unspecified atom stereocenters. The Hall–Kier alpha value is -2.17. The molecule has 2 aromatic rings.